The number of ketones is 1. The quantitative estimate of drug-likeness (QED) is 0.280. The summed E-state index contributed by atoms with van der Waals surface area (Å²) in [6.07, 6.45) is 12.0. The van der Waals surface area contributed by atoms with Crippen molar-refractivity contribution in [3.8, 4) is 11.5 Å². The van der Waals surface area contributed by atoms with Crippen LogP contribution in [0.1, 0.15) is 87.1 Å². The van der Waals surface area contributed by atoms with Crippen LogP contribution in [-0.4, -0.2) is 10.9 Å². The number of carbonyl (C=O) groups excluding carboxylic acids is 1. The highest BCUT2D eigenvalue weighted by atomic mass is 16.5. The predicted molar refractivity (Wildman–Crippen MR) is 115 cm³/mol. The molecule has 0 aromatic heterocycles. The summed E-state index contributed by atoms with van der Waals surface area (Å²) in [5.41, 5.74) is 1.81. The number of Topliss-reactive ketones (excluding diaryl/α,β-unsaturated/α-hetero) is 1. The monoisotopic (exact) mass is 382 g/mol. The molecule has 3 heteroatoms. The largest absolute Gasteiger partial charge is 0.508 e. The third kappa shape index (κ3) is 8.60. The fraction of sp³-hybridized carbons (Fsp3) is 0.480. The molecule has 28 heavy (non-hydrogen) atoms. The van der Waals surface area contributed by atoms with Gasteiger partial charge >= 0.3 is 0 Å². The SMILES string of the molecule is CCCCCCCCCCCC(=O)c1ccc(COc2ccc(O)cc2)cc1. The Morgan fingerprint density at radius 1 is 0.786 bits per heavy atom. The molecular formula is C25H34O3. The smallest absolute Gasteiger partial charge is 0.162 e. The van der Waals surface area contributed by atoms with Gasteiger partial charge in [-0.1, -0.05) is 82.6 Å². The highest BCUT2D eigenvalue weighted by Crippen LogP contribution is 2.18. The lowest BCUT2D eigenvalue weighted by atomic mass is 10.0. The average Bonchev–Trinajstić information content (AvgIpc) is 2.72. The molecule has 0 unspecified atom stereocenters. The van der Waals surface area contributed by atoms with Crippen molar-refractivity contribution in [2.75, 3.05) is 0 Å². The molecule has 0 heterocycles. The molecule has 0 atom stereocenters. The number of phenolic OH excluding ortho intramolecular Hbond substituents is 1. The van der Waals surface area contributed by atoms with E-state index in [1.807, 2.05) is 24.3 Å². The first-order chi connectivity index (χ1) is 13.7. The molecule has 0 spiro atoms. The Labute approximate surface area is 169 Å². The van der Waals surface area contributed by atoms with Gasteiger partial charge in [0.05, 0.1) is 0 Å². The molecule has 0 saturated carbocycles. The molecule has 3 nitrogen and oxygen atoms in total. The van der Waals surface area contributed by atoms with Crippen LogP contribution in [0.25, 0.3) is 0 Å². The highest BCUT2D eigenvalue weighted by Gasteiger charge is 2.06. The van der Waals surface area contributed by atoms with Gasteiger partial charge < -0.3 is 9.84 Å². The minimum atomic E-state index is 0.224. The van der Waals surface area contributed by atoms with Crippen molar-refractivity contribution < 1.29 is 14.6 Å². The Hall–Kier alpha value is -2.29. The molecular weight excluding hydrogens is 348 g/mol. The van der Waals surface area contributed by atoms with Gasteiger partial charge in [0.1, 0.15) is 18.1 Å². The van der Waals surface area contributed by atoms with E-state index in [1.54, 1.807) is 24.3 Å². The number of carbonyl (C=O) groups is 1. The minimum Gasteiger partial charge on any atom is -0.508 e. The average molecular weight is 383 g/mol. The van der Waals surface area contributed by atoms with Crippen molar-refractivity contribution in [3.63, 3.8) is 0 Å². The molecule has 0 saturated heterocycles. The molecule has 0 aliphatic rings. The molecule has 0 aliphatic heterocycles. The Balaban J connectivity index is 1.61. The second-order valence-corrected chi connectivity index (χ2v) is 7.48. The lowest BCUT2D eigenvalue weighted by Gasteiger charge is -2.07. The molecule has 0 bridgehead atoms. The number of phenols is 1. The lowest BCUT2D eigenvalue weighted by molar-refractivity contribution is 0.0979. The van der Waals surface area contributed by atoms with Crippen molar-refractivity contribution >= 4 is 5.78 Å². The van der Waals surface area contributed by atoms with Crippen LogP contribution in [0.15, 0.2) is 48.5 Å². The molecule has 1 N–H and O–H groups in total. The van der Waals surface area contributed by atoms with Crippen LogP contribution in [0.2, 0.25) is 0 Å². The molecule has 0 radical (unpaired) electrons. The van der Waals surface area contributed by atoms with E-state index in [4.69, 9.17) is 4.74 Å². The van der Waals surface area contributed by atoms with E-state index in [0.717, 1.165) is 24.0 Å². The van der Waals surface area contributed by atoms with Gasteiger partial charge in [-0.2, -0.15) is 0 Å². The van der Waals surface area contributed by atoms with Crippen molar-refractivity contribution in [2.45, 2.75) is 77.7 Å². The van der Waals surface area contributed by atoms with Gasteiger partial charge in [-0.05, 0) is 36.2 Å². The van der Waals surface area contributed by atoms with Crippen LogP contribution in [0, 0.1) is 0 Å². The summed E-state index contributed by atoms with van der Waals surface area (Å²) in [6.45, 7) is 2.69. The van der Waals surface area contributed by atoms with E-state index < -0.39 is 0 Å². The molecule has 0 fully saturated rings. The van der Waals surface area contributed by atoms with Gasteiger partial charge in [0.25, 0.3) is 0 Å². The van der Waals surface area contributed by atoms with Gasteiger partial charge in [-0.3, -0.25) is 4.79 Å². The van der Waals surface area contributed by atoms with Crippen LogP contribution < -0.4 is 4.74 Å². The van der Waals surface area contributed by atoms with Crippen LogP contribution in [0.3, 0.4) is 0 Å². The highest BCUT2D eigenvalue weighted by molar-refractivity contribution is 5.96. The van der Waals surface area contributed by atoms with Crippen molar-refractivity contribution in [1.82, 2.24) is 0 Å². The number of hydrogen-bond donors (Lipinski definition) is 1. The predicted octanol–water partition coefficient (Wildman–Crippen LogP) is 7.07. The van der Waals surface area contributed by atoms with Gasteiger partial charge in [-0.15, -0.1) is 0 Å². The zero-order chi connectivity index (χ0) is 20.0. The summed E-state index contributed by atoms with van der Waals surface area (Å²) in [4.78, 5) is 12.3. The van der Waals surface area contributed by atoms with Gasteiger partial charge in [-0.25, -0.2) is 0 Å². The first-order valence-corrected chi connectivity index (χ1v) is 10.7. The van der Waals surface area contributed by atoms with Gasteiger partial charge in [0.15, 0.2) is 5.78 Å². The summed E-state index contributed by atoms with van der Waals surface area (Å²) in [5, 5.41) is 9.28. The van der Waals surface area contributed by atoms with Crippen molar-refractivity contribution in [3.05, 3.63) is 59.7 Å². The van der Waals surface area contributed by atoms with Crippen molar-refractivity contribution in [1.29, 1.82) is 0 Å². The van der Waals surface area contributed by atoms with Gasteiger partial charge in [0.2, 0.25) is 0 Å². The first-order valence-electron chi connectivity index (χ1n) is 10.7. The number of ether oxygens (including phenoxy) is 1. The molecule has 2 rings (SSSR count). The molecule has 2 aromatic rings. The summed E-state index contributed by atoms with van der Waals surface area (Å²) in [6, 6.07) is 14.4. The van der Waals surface area contributed by atoms with E-state index in [2.05, 4.69) is 6.92 Å². The van der Waals surface area contributed by atoms with Crippen LogP contribution in [-0.2, 0) is 6.61 Å². The molecule has 2 aromatic carbocycles. The number of benzene rings is 2. The zero-order valence-electron chi connectivity index (χ0n) is 17.2. The van der Waals surface area contributed by atoms with E-state index in [9.17, 15) is 9.90 Å². The van der Waals surface area contributed by atoms with E-state index in [0.29, 0.717) is 18.8 Å². The second kappa shape index (κ2) is 13.0. The van der Waals surface area contributed by atoms with E-state index in [-0.39, 0.29) is 11.5 Å². The maximum absolute atomic E-state index is 12.3. The molecule has 152 valence electrons. The Kier molecular flexibility index (Phi) is 10.2. The molecule has 0 amide bonds. The summed E-state index contributed by atoms with van der Waals surface area (Å²) < 4.78 is 5.68. The molecule has 0 aliphatic carbocycles. The lowest BCUT2D eigenvalue weighted by Crippen LogP contribution is -2.00. The summed E-state index contributed by atoms with van der Waals surface area (Å²) >= 11 is 0. The number of rotatable bonds is 14. The standard InChI is InChI=1S/C25H34O3/c1-2-3-4-5-6-7-8-9-10-11-25(27)22-14-12-21(13-15-22)20-28-24-18-16-23(26)17-19-24/h12-19,26H,2-11,20H2,1H3. The van der Waals surface area contributed by atoms with Crippen LogP contribution >= 0.6 is 0 Å². The fourth-order valence-corrected chi connectivity index (χ4v) is 3.24. The number of aromatic hydroxyl groups is 1. The zero-order valence-corrected chi connectivity index (χ0v) is 17.2. The van der Waals surface area contributed by atoms with E-state index >= 15 is 0 Å². The maximum atomic E-state index is 12.3. The Bertz CT molecular complexity index is 674. The fourth-order valence-electron chi connectivity index (χ4n) is 3.24. The maximum Gasteiger partial charge on any atom is 0.162 e. The first kappa shape index (κ1) is 22.0. The summed E-state index contributed by atoms with van der Waals surface area (Å²) in [5.74, 6) is 1.17. The normalized spacial score (nSPS) is 10.8. The third-order valence-corrected chi connectivity index (χ3v) is 5.03. The topological polar surface area (TPSA) is 46.5 Å². The van der Waals surface area contributed by atoms with Crippen LogP contribution in [0.4, 0.5) is 0 Å². The van der Waals surface area contributed by atoms with Crippen molar-refractivity contribution in [2.24, 2.45) is 0 Å². The number of unbranched alkanes of at least 4 members (excludes halogenated alkanes) is 8. The minimum absolute atomic E-state index is 0.224. The van der Waals surface area contributed by atoms with Gasteiger partial charge in [0, 0.05) is 12.0 Å². The Morgan fingerprint density at radius 2 is 1.36 bits per heavy atom. The summed E-state index contributed by atoms with van der Waals surface area (Å²) in [7, 11) is 0. The van der Waals surface area contributed by atoms with Crippen LogP contribution in [0.5, 0.6) is 11.5 Å². The van der Waals surface area contributed by atoms with E-state index in [1.165, 1.54) is 44.9 Å². The second-order valence-electron chi connectivity index (χ2n) is 7.48. The number of hydrogen-bond acceptors (Lipinski definition) is 3. The Morgan fingerprint density at radius 3 is 1.96 bits per heavy atom. The third-order valence-electron chi connectivity index (χ3n) is 5.03.